The molecule has 3 unspecified atom stereocenters. The highest BCUT2D eigenvalue weighted by atomic mass is 16.7. The number of ether oxygens (including phenoxy) is 4. The summed E-state index contributed by atoms with van der Waals surface area (Å²) in [6.45, 7) is 0.679. The Bertz CT molecular complexity index is 145. The molecule has 0 N–H and O–H groups in total. The van der Waals surface area contributed by atoms with Crippen LogP contribution in [0.3, 0.4) is 0 Å². The summed E-state index contributed by atoms with van der Waals surface area (Å²) in [5.41, 5.74) is 0. The minimum Gasteiger partial charge on any atom is -0.367 e. The monoisotopic (exact) mass is 160 g/mol. The van der Waals surface area contributed by atoms with E-state index in [1.807, 2.05) is 0 Å². The first-order valence-corrected chi connectivity index (χ1v) is 3.69. The van der Waals surface area contributed by atoms with Gasteiger partial charge in [-0.2, -0.15) is 0 Å². The molecule has 0 spiro atoms. The van der Waals surface area contributed by atoms with Gasteiger partial charge in [-0.3, -0.25) is 0 Å². The van der Waals surface area contributed by atoms with Gasteiger partial charge in [0.2, 0.25) is 0 Å². The fourth-order valence-corrected chi connectivity index (χ4v) is 1.48. The number of hydrogen-bond acceptors (Lipinski definition) is 4. The minimum absolute atomic E-state index is 0.0324. The van der Waals surface area contributed by atoms with Crippen LogP contribution in [0, 0.1) is 0 Å². The number of rotatable bonds is 3. The van der Waals surface area contributed by atoms with Gasteiger partial charge in [-0.1, -0.05) is 0 Å². The minimum atomic E-state index is -0.285. The average Bonchev–Trinajstić information content (AvgIpc) is 2.70. The van der Waals surface area contributed by atoms with E-state index in [9.17, 15) is 0 Å². The van der Waals surface area contributed by atoms with Gasteiger partial charge in [0.05, 0.1) is 6.61 Å². The van der Waals surface area contributed by atoms with Crippen LogP contribution in [0.15, 0.2) is 0 Å². The van der Waals surface area contributed by atoms with Gasteiger partial charge < -0.3 is 18.9 Å². The van der Waals surface area contributed by atoms with Crippen LogP contribution in [0.1, 0.15) is 0 Å². The second kappa shape index (κ2) is 2.71. The maximum atomic E-state index is 5.38. The number of methoxy groups -OCH3 is 2. The van der Waals surface area contributed by atoms with Crippen LogP contribution in [0.2, 0.25) is 0 Å². The van der Waals surface area contributed by atoms with Gasteiger partial charge in [-0.05, 0) is 0 Å². The molecule has 2 aliphatic rings. The second-order valence-electron chi connectivity index (χ2n) is 2.78. The zero-order chi connectivity index (χ0) is 7.84. The lowest BCUT2D eigenvalue weighted by atomic mass is 10.2. The van der Waals surface area contributed by atoms with Crippen molar-refractivity contribution in [1.82, 2.24) is 0 Å². The Morgan fingerprint density at radius 1 is 1.36 bits per heavy atom. The first-order valence-electron chi connectivity index (χ1n) is 3.69. The first kappa shape index (κ1) is 7.49. The van der Waals surface area contributed by atoms with E-state index in [2.05, 4.69) is 0 Å². The van der Waals surface area contributed by atoms with Gasteiger partial charge in [0.1, 0.15) is 18.3 Å². The molecule has 64 valence electrons. The second-order valence-corrected chi connectivity index (χ2v) is 2.78. The lowest BCUT2D eigenvalue weighted by molar-refractivity contribution is -0.182. The van der Waals surface area contributed by atoms with Crippen molar-refractivity contribution >= 4 is 0 Å². The molecule has 2 rings (SSSR count). The number of hydrogen-bond donors (Lipinski definition) is 0. The van der Waals surface area contributed by atoms with E-state index in [0.29, 0.717) is 12.7 Å². The van der Waals surface area contributed by atoms with E-state index in [1.54, 1.807) is 14.2 Å². The summed E-state index contributed by atoms with van der Waals surface area (Å²) < 4.78 is 20.8. The van der Waals surface area contributed by atoms with Crippen LogP contribution in [-0.4, -0.2) is 45.4 Å². The Morgan fingerprint density at radius 2 is 2.09 bits per heavy atom. The molecule has 0 aromatic heterocycles. The molecule has 2 aliphatic heterocycles. The van der Waals surface area contributed by atoms with Gasteiger partial charge >= 0.3 is 0 Å². The van der Waals surface area contributed by atoms with Crippen LogP contribution < -0.4 is 0 Å². The molecule has 0 radical (unpaired) electrons. The SMILES string of the molecule is COC(OC)C1OCC2OC21. The predicted molar refractivity (Wildman–Crippen MR) is 36.2 cm³/mol. The van der Waals surface area contributed by atoms with Gasteiger partial charge in [-0.15, -0.1) is 0 Å². The highest BCUT2D eigenvalue weighted by Crippen LogP contribution is 2.36. The normalized spacial score (nSPS) is 41.2. The Kier molecular flexibility index (Phi) is 1.85. The summed E-state index contributed by atoms with van der Waals surface area (Å²) >= 11 is 0. The van der Waals surface area contributed by atoms with Crippen molar-refractivity contribution in [2.45, 2.75) is 24.6 Å². The topological polar surface area (TPSA) is 40.2 Å². The Morgan fingerprint density at radius 3 is 2.45 bits per heavy atom. The van der Waals surface area contributed by atoms with E-state index in [0.717, 1.165) is 0 Å². The van der Waals surface area contributed by atoms with E-state index in [4.69, 9.17) is 18.9 Å². The van der Waals surface area contributed by atoms with Gasteiger partial charge in [0, 0.05) is 14.2 Å². The van der Waals surface area contributed by atoms with Crippen molar-refractivity contribution in [3.63, 3.8) is 0 Å². The quantitative estimate of drug-likeness (QED) is 0.422. The third-order valence-electron chi connectivity index (χ3n) is 2.13. The third kappa shape index (κ3) is 1.16. The maximum absolute atomic E-state index is 5.38. The summed E-state index contributed by atoms with van der Waals surface area (Å²) in [5.74, 6) is 0. The molecule has 4 nitrogen and oxygen atoms in total. The molecule has 4 heteroatoms. The van der Waals surface area contributed by atoms with Crippen molar-refractivity contribution in [3.05, 3.63) is 0 Å². The van der Waals surface area contributed by atoms with Crippen LogP contribution in [0.25, 0.3) is 0 Å². The molecule has 0 aromatic carbocycles. The Balaban J connectivity index is 1.92. The predicted octanol–water partition coefficient (Wildman–Crippen LogP) is -0.229. The Hall–Kier alpha value is -0.160. The molecule has 11 heavy (non-hydrogen) atoms. The van der Waals surface area contributed by atoms with Gasteiger partial charge in [-0.25, -0.2) is 0 Å². The van der Waals surface area contributed by atoms with Crippen LogP contribution in [0.4, 0.5) is 0 Å². The lowest BCUT2D eigenvalue weighted by Crippen LogP contribution is -2.34. The highest BCUT2D eigenvalue weighted by molar-refractivity contribution is 4.98. The molecular weight excluding hydrogens is 148 g/mol. The standard InChI is InChI=1S/C7H12O4/c1-8-7(9-2)6-5-4(11-5)3-10-6/h4-7H,3H2,1-2H3. The molecule has 0 aromatic rings. The summed E-state index contributed by atoms with van der Waals surface area (Å²) in [7, 11) is 3.21. The van der Waals surface area contributed by atoms with E-state index < -0.39 is 0 Å². The number of fused-ring (bicyclic) bond motifs is 1. The molecule has 3 atom stereocenters. The molecule has 0 bridgehead atoms. The van der Waals surface area contributed by atoms with Crippen LogP contribution in [0.5, 0.6) is 0 Å². The van der Waals surface area contributed by atoms with Crippen molar-refractivity contribution < 1.29 is 18.9 Å². The summed E-state index contributed by atoms with van der Waals surface area (Å²) in [6.07, 6.45) is 0.190. The largest absolute Gasteiger partial charge is 0.367 e. The molecule has 2 heterocycles. The van der Waals surface area contributed by atoms with Crippen molar-refractivity contribution in [1.29, 1.82) is 0 Å². The Labute approximate surface area is 65.4 Å². The zero-order valence-electron chi connectivity index (χ0n) is 6.65. The van der Waals surface area contributed by atoms with Crippen LogP contribution in [-0.2, 0) is 18.9 Å². The van der Waals surface area contributed by atoms with Crippen LogP contribution >= 0.6 is 0 Å². The molecular formula is C7H12O4. The first-order chi connectivity index (χ1) is 5.36. The molecule has 2 saturated heterocycles. The zero-order valence-corrected chi connectivity index (χ0v) is 6.65. The van der Waals surface area contributed by atoms with Gasteiger partial charge in [0.15, 0.2) is 6.29 Å². The van der Waals surface area contributed by atoms with Gasteiger partial charge in [0.25, 0.3) is 0 Å². The third-order valence-corrected chi connectivity index (χ3v) is 2.13. The molecule has 2 fully saturated rings. The summed E-state index contributed by atoms with van der Waals surface area (Å²) in [6, 6.07) is 0. The maximum Gasteiger partial charge on any atom is 0.185 e. The fourth-order valence-electron chi connectivity index (χ4n) is 1.48. The summed E-state index contributed by atoms with van der Waals surface area (Å²) in [4.78, 5) is 0. The highest BCUT2D eigenvalue weighted by Gasteiger charge is 2.54. The summed E-state index contributed by atoms with van der Waals surface area (Å²) in [5, 5.41) is 0. The average molecular weight is 160 g/mol. The number of epoxide rings is 1. The van der Waals surface area contributed by atoms with E-state index in [-0.39, 0.29) is 18.5 Å². The van der Waals surface area contributed by atoms with E-state index in [1.165, 1.54) is 0 Å². The lowest BCUT2D eigenvalue weighted by Gasteiger charge is -2.20. The van der Waals surface area contributed by atoms with Crippen molar-refractivity contribution in [3.8, 4) is 0 Å². The molecule has 0 saturated carbocycles. The fraction of sp³-hybridized carbons (Fsp3) is 1.00. The van der Waals surface area contributed by atoms with Crippen molar-refractivity contribution in [2.75, 3.05) is 20.8 Å². The molecule has 0 amide bonds. The molecule has 0 aliphatic carbocycles. The smallest absolute Gasteiger partial charge is 0.185 e. The van der Waals surface area contributed by atoms with Crippen molar-refractivity contribution in [2.24, 2.45) is 0 Å². The van der Waals surface area contributed by atoms with E-state index >= 15 is 0 Å².